The lowest BCUT2D eigenvalue weighted by Gasteiger charge is -2.25. The van der Waals surface area contributed by atoms with Crippen LogP contribution in [0.15, 0.2) is 30.3 Å². The molecule has 0 saturated carbocycles. The molecule has 0 heterocycles. The second kappa shape index (κ2) is 8.28. The number of hydrogen-bond acceptors (Lipinski definition) is 2. The van der Waals surface area contributed by atoms with Gasteiger partial charge in [-0.3, -0.25) is 0 Å². The molecule has 0 radical (unpaired) electrons. The van der Waals surface area contributed by atoms with Crippen molar-refractivity contribution >= 4 is 0 Å². The van der Waals surface area contributed by atoms with Crippen LogP contribution in [0.25, 0.3) is 0 Å². The van der Waals surface area contributed by atoms with Crippen LogP contribution in [0.3, 0.4) is 0 Å². The zero-order valence-electron chi connectivity index (χ0n) is 12.1. The molecule has 2 nitrogen and oxygen atoms in total. The van der Waals surface area contributed by atoms with Crippen LogP contribution in [0.2, 0.25) is 0 Å². The predicted octanol–water partition coefficient (Wildman–Crippen LogP) is 3.44. The summed E-state index contributed by atoms with van der Waals surface area (Å²) in [7, 11) is 0. The first-order valence-electron chi connectivity index (χ1n) is 7.20. The first-order valence-corrected chi connectivity index (χ1v) is 7.20. The van der Waals surface area contributed by atoms with Crippen molar-refractivity contribution in [2.24, 2.45) is 11.7 Å². The minimum Gasteiger partial charge on any atom is -0.324 e. The molecular formula is C16H28N2. The fourth-order valence-corrected chi connectivity index (χ4v) is 2.14. The van der Waals surface area contributed by atoms with Gasteiger partial charge in [-0.1, -0.05) is 57.5 Å². The van der Waals surface area contributed by atoms with Crippen molar-refractivity contribution in [1.29, 1.82) is 0 Å². The predicted molar refractivity (Wildman–Crippen MR) is 79.6 cm³/mol. The molecule has 0 aromatic heterocycles. The maximum Gasteiger partial charge on any atom is 0.0307 e. The number of rotatable bonds is 8. The summed E-state index contributed by atoms with van der Waals surface area (Å²) in [4.78, 5) is 2.51. The lowest BCUT2D eigenvalue weighted by atomic mass is 10.0. The van der Waals surface area contributed by atoms with E-state index in [9.17, 15) is 0 Å². The van der Waals surface area contributed by atoms with Crippen molar-refractivity contribution in [2.75, 3.05) is 19.6 Å². The molecule has 0 saturated heterocycles. The van der Waals surface area contributed by atoms with E-state index in [-0.39, 0.29) is 6.04 Å². The van der Waals surface area contributed by atoms with E-state index < -0.39 is 0 Å². The smallest absolute Gasteiger partial charge is 0.0307 e. The SMILES string of the molecule is CCC(C)CN(CC)CCC(N)c1ccccc1. The average Bonchev–Trinajstić information content (AvgIpc) is 2.43. The molecular weight excluding hydrogens is 220 g/mol. The van der Waals surface area contributed by atoms with Crippen LogP contribution >= 0.6 is 0 Å². The summed E-state index contributed by atoms with van der Waals surface area (Å²) in [6.07, 6.45) is 2.29. The molecule has 2 atom stereocenters. The largest absolute Gasteiger partial charge is 0.324 e. The Morgan fingerprint density at radius 2 is 1.83 bits per heavy atom. The average molecular weight is 248 g/mol. The highest BCUT2D eigenvalue weighted by Crippen LogP contribution is 2.14. The van der Waals surface area contributed by atoms with E-state index in [1.807, 2.05) is 6.07 Å². The van der Waals surface area contributed by atoms with Crippen LogP contribution in [0.4, 0.5) is 0 Å². The first-order chi connectivity index (χ1) is 8.67. The molecule has 0 fully saturated rings. The third-order valence-corrected chi connectivity index (χ3v) is 3.70. The molecule has 2 heteroatoms. The van der Waals surface area contributed by atoms with Gasteiger partial charge in [-0.15, -0.1) is 0 Å². The highest BCUT2D eigenvalue weighted by atomic mass is 15.1. The Morgan fingerprint density at radius 3 is 2.39 bits per heavy atom. The lowest BCUT2D eigenvalue weighted by Crippen LogP contribution is -2.31. The van der Waals surface area contributed by atoms with E-state index in [1.165, 1.54) is 18.5 Å². The summed E-state index contributed by atoms with van der Waals surface area (Å²) in [5.41, 5.74) is 7.48. The molecule has 1 rings (SSSR count). The Balaban J connectivity index is 2.38. The molecule has 1 aromatic rings. The quantitative estimate of drug-likeness (QED) is 0.763. The maximum atomic E-state index is 6.23. The molecule has 0 amide bonds. The van der Waals surface area contributed by atoms with Gasteiger partial charge in [0.15, 0.2) is 0 Å². The van der Waals surface area contributed by atoms with Crippen molar-refractivity contribution in [3.8, 4) is 0 Å². The van der Waals surface area contributed by atoms with Crippen LogP contribution in [0.5, 0.6) is 0 Å². The van der Waals surface area contributed by atoms with Crippen LogP contribution in [-0.2, 0) is 0 Å². The maximum absolute atomic E-state index is 6.23. The summed E-state index contributed by atoms with van der Waals surface area (Å²) in [6, 6.07) is 10.6. The minimum absolute atomic E-state index is 0.164. The molecule has 2 N–H and O–H groups in total. The molecule has 2 unspecified atom stereocenters. The number of hydrogen-bond donors (Lipinski definition) is 1. The third-order valence-electron chi connectivity index (χ3n) is 3.70. The van der Waals surface area contributed by atoms with E-state index in [0.717, 1.165) is 25.4 Å². The van der Waals surface area contributed by atoms with Gasteiger partial charge in [0, 0.05) is 12.6 Å². The van der Waals surface area contributed by atoms with Crippen molar-refractivity contribution < 1.29 is 0 Å². The Labute approximate surface area is 112 Å². The third kappa shape index (κ3) is 5.19. The molecule has 0 aliphatic carbocycles. The van der Waals surface area contributed by atoms with Gasteiger partial charge in [0.25, 0.3) is 0 Å². The standard InChI is InChI=1S/C16H28N2/c1-4-14(3)13-18(5-2)12-11-16(17)15-9-7-6-8-10-15/h6-10,14,16H,4-5,11-13,17H2,1-3H3. The zero-order valence-corrected chi connectivity index (χ0v) is 12.1. The van der Waals surface area contributed by atoms with Crippen LogP contribution < -0.4 is 5.73 Å². The summed E-state index contributed by atoms with van der Waals surface area (Å²) < 4.78 is 0. The fraction of sp³-hybridized carbons (Fsp3) is 0.625. The van der Waals surface area contributed by atoms with Crippen molar-refractivity contribution in [3.63, 3.8) is 0 Å². The van der Waals surface area contributed by atoms with E-state index in [0.29, 0.717) is 0 Å². The molecule has 18 heavy (non-hydrogen) atoms. The molecule has 102 valence electrons. The van der Waals surface area contributed by atoms with Gasteiger partial charge < -0.3 is 10.6 Å². The Morgan fingerprint density at radius 1 is 1.17 bits per heavy atom. The van der Waals surface area contributed by atoms with Crippen molar-refractivity contribution in [2.45, 2.75) is 39.7 Å². The molecule has 1 aromatic carbocycles. The Kier molecular flexibility index (Phi) is 6.99. The summed E-state index contributed by atoms with van der Waals surface area (Å²) in [5.74, 6) is 0.776. The number of benzene rings is 1. The minimum atomic E-state index is 0.164. The highest BCUT2D eigenvalue weighted by molar-refractivity contribution is 5.18. The second-order valence-corrected chi connectivity index (χ2v) is 5.21. The highest BCUT2D eigenvalue weighted by Gasteiger charge is 2.10. The van der Waals surface area contributed by atoms with Gasteiger partial charge in [-0.25, -0.2) is 0 Å². The molecule has 0 aliphatic heterocycles. The van der Waals surface area contributed by atoms with E-state index in [2.05, 4.69) is 49.9 Å². The van der Waals surface area contributed by atoms with E-state index in [1.54, 1.807) is 0 Å². The Hall–Kier alpha value is -0.860. The summed E-state index contributed by atoms with van der Waals surface area (Å²) >= 11 is 0. The molecule has 0 aliphatic rings. The van der Waals surface area contributed by atoms with Gasteiger partial charge in [-0.05, 0) is 31.0 Å². The normalized spacial score (nSPS) is 14.7. The zero-order chi connectivity index (χ0) is 13.4. The first kappa shape index (κ1) is 15.2. The van der Waals surface area contributed by atoms with E-state index in [4.69, 9.17) is 5.73 Å². The Bertz CT molecular complexity index is 310. The molecule has 0 spiro atoms. The van der Waals surface area contributed by atoms with Gasteiger partial charge in [-0.2, -0.15) is 0 Å². The second-order valence-electron chi connectivity index (χ2n) is 5.21. The van der Waals surface area contributed by atoms with Crippen molar-refractivity contribution in [3.05, 3.63) is 35.9 Å². The molecule has 0 bridgehead atoms. The number of nitrogens with two attached hydrogens (primary N) is 1. The van der Waals surface area contributed by atoms with Gasteiger partial charge in [0.1, 0.15) is 0 Å². The van der Waals surface area contributed by atoms with Crippen LogP contribution in [0, 0.1) is 5.92 Å². The van der Waals surface area contributed by atoms with Crippen molar-refractivity contribution in [1.82, 2.24) is 4.90 Å². The van der Waals surface area contributed by atoms with Gasteiger partial charge >= 0.3 is 0 Å². The summed E-state index contributed by atoms with van der Waals surface area (Å²) in [6.45, 7) is 10.2. The topological polar surface area (TPSA) is 29.3 Å². The van der Waals surface area contributed by atoms with Gasteiger partial charge in [0.2, 0.25) is 0 Å². The van der Waals surface area contributed by atoms with E-state index >= 15 is 0 Å². The lowest BCUT2D eigenvalue weighted by molar-refractivity contribution is 0.237. The van der Waals surface area contributed by atoms with Crippen LogP contribution in [0.1, 0.15) is 45.2 Å². The van der Waals surface area contributed by atoms with Gasteiger partial charge in [0.05, 0.1) is 0 Å². The monoisotopic (exact) mass is 248 g/mol. The summed E-state index contributed by atoms with van der Waals surface area (Å²) in [5, 5.41) is 0. The van der Waals surface area contributed by atoms with Crippen LogP contribution in [-0.4, -0.2) is 24.5 Å². The fourth-order valence-electron chi connectivity index (χ4n) is 2.14. The number of nitrogens with zero attached hydrogens (tertiary/aromatic N) is 1.